The van der Waals surface area contributed by atoms with E-state index in [1.54, 1.807) is 0 Å². The minimum Gasteiger partial charge on any atom is -0.480 e. The zero-order chi connectivity index (χ0) is 18.2. The van der Waals surface area contributed by atoms with Crippen LogP contribution in [0.5, 0.6) is 0 Å². The number of hydrogen-bond acceptors (Lipinski definition) is 5. The summed E-state index contributed by atoms with van der Waals surface area (Å²) in [6.07, 6.45) is 0.362. The molecule has 0 saturated heterocycles. The van der Waals surface area contributed by atoms with Crippen LogP contribution in [0.4, 0.5) is 0 Å². The van der Waals surface area contributed by atoms with Crippen LogP contribution in [-0.2, 0) is 19.2 Å². The molecule has 9 nitrogen and oxygen atoms in total. The van der Waals surface area contributed by atoms with E-state index in [4.69, 9.17) is 16.6 Å². The first-order valence-electron chi connectivity index (χ1n) is 7.42. The Labute approximate surface area is 135 Å². The lowest BCUT2D eigenvalue weighted by Crippen LogP contribution is -2.54. The summed E-state index contributed by atoms with van der Waals surface area (Å²) >= 11 is 0. The van der Waals surface area contributed by atoms with Crippen LogP contribution >= 0.6 is 0 Å². The van der Waals surface area contributed by atoms with Gasteiger partial charge in [0.2, 0.25) is 17.7 Å². The average molecular weight is 330 g/mol. The first kappa shape index (κ1) is 20.8. The highest BCUT2D eigenvalue weighted by molar-refractivity contribution is 5.91. The highest BCUT2D eigenvalue weighted by Crippen LogP contribution is 2.06. The maximum Gasteiger partial charge on any atom is 0.325 e. The lowest BCUT2D eigenvalue weighted by atomic mass is 10.0. The number of hydrogen-bond donors (Lipinski definition) is 5. The Morgan fingerprint density at radius 1 is 1.04 bits per heavy atom. The number of carboxylic acid groups (broad SMARTS) is 1. The van der Waals surface area contributed by atoms with E-state index in [2.05, 4.69) is 10.6 Å². The van der Waals surface area contributed by atoms with Crippen LogP contribution in [0, 0.1) is 5.92 Å². The topological polar surface area (TPSA) is 165 Å². The van der Waals surface area contributed by atoms with Gasteiger partial charge in [-0.25, -0.2) is 0 Å². The predicted octanol–water partition coefficient (Wildman–Crippen LogP) is -1.30. The molecular weight excluding hydrogens is 304 g/mol. The Morgan fingerprint density at radius 3 is 2.04 bits per heavy atom. The second kappa shape index (κ2) is 9.78. The Kier molecular flexibility index (Phi) is 8.86. The number of nitrogens with one attached hydrogen (secondary N) is 2. The lowest BCUT2D eigenvalue weighted by Gasteiger charge is -2.23. The van der Waals surface area contributed by atoms with Gasteiger partial charge in [-0.1, -0.05) is 13.8 Å². The highest BCUT2D eigenvalue weighted by atomic mass is 16.4. The van der Waals surface area contributed by atoms with Gasteiger partial charge in [0.05, 0.1) is 6.04 Å². The van der Waals surface area contributed by atoms with Crippen molar-refractivity contribution in [3.8, 4) is 0 Å². The fraction of sp³-hybridized carbons (Fsp3) is 0.714. The first-order valence-corrected chi connectivity index (χ1v) is 7.42. The SMILES string of the molecule is CC(C)CC(NC(=O)C(N)CCC(N)=O)C(=O)NC(C)C(=O)O. The molecule has 0 rings (SSSR count). The summed E-state index contributed by atoms with van der Waals surface area (Å²) in [6, 6.07) is -2.94. The van der Waals surface area contributed by atoms with Gasteiger partial charge in [-0.3, -0.25) is 19.2 Å². The second-order valence-electron chi connectivity index (χ2n) is 5.87. The maximum absolute atomic E-state index is 12.1. The molecule has 0 spiro atoms. The van der Waals surface area contributed by atoms with Gasteiger partial charge in [0, 0.05) is 6.42 Å². The van der Waals surface area contributed by atoms with E-state index in [0.717, 1.165) is 0 Å². The maximum atomic E-state index is 12.1. The van der Waals surface area contributed by atoms with Crippen molar-refractivity contribution in [2.24, 2.45) is 17.4 Å². The monoisotopic (exact) mass is 330 g/mol. The molecule has 0 heterocycles. The van der Waals surface area contributed by atoms with Gasteiger partial charge in [-0.05, 0) is 25.7 Å². The van der Waals surface area contributed by atoms with E-state index in [1.807, 2.05) is 13.8 Å². The van der Waals surface area contributed by atoms with Gasteiger partial charge < -0.3 is 27.2 Å². The van der Waals surface area contributed by atoms with E-state index in [0.29, 0.717) is 6.42 Å². The standard InChI is InChI=1S/C14H26N4O5/c1-7(2)6-10(13(21)17-8(3)14(22)23)18-12(20)9(15)4-5-11(16)19/h7-10H,4-6,15H2,1-3H3,(H2,16,19)(H,17,21)(H,18,20)(H,22,23). The molecule has 132 valence electrons. The molecule has 0 fully saturated rings. The number of aliphatic carboxylic acids is 1. The number of primary amides is 1. The molecule has 23 heavy (non-hydrogen) atoms. The molecule has 0 aliphatic heterocycles. The third-order valence-electron chi connectivity index (χ3n) is 3.11. The summed E-state index contributed by atoms with van der Waals surface area (Å²) in [5.74, 6) is -2.83. The molecule has 0 aromatic carbocycles. The fourth-order valence-corrected chi connectivity index (χ4v) is 1.79. The van der Waals surface area contributed by atoms with Crippen LogP contribution in [0.15, 0.2) is 0 Å². The van der Waals surface area contributed by atoms with Crippen molar-refractivity contribution in [1.29, 1.82) is 0 Å². The summed E-state index contributed by atoms with van der Waals surface area (Å²) in [7, 11) is 0. The summed E-state index contributed by atoms with van der Waals surface area (Å²) in [5, 5.41) is 13.6. The smallest absolute Gasteiger partial charge is 0.325 e. The van der Waals surface area contributed by atoms with Crippen LogP contribution < -0.4 is 22.1 Å². The molecule has 0 aliphatic carbocycles. The number of amides is 3. The number of rotatable bonds is 10. The molecule has 0 aliphatic rings. The summed E-state index contributed by atoms with van der Waals surface area (Å²) in [4.78, 5) is 45.6. The van der Waals surface area contributed by atoms with Gasteiger partial charge >= 0.3 is 5.97 Å². The minimum absolute atomic E-state index is 0.0360. The number of carbonyl (C=O) groups excluding carboxylic acids is 3. The van der Waals surface area contributed by atoms with E-state index in [-0.39, 0.29) is 18.8 Å². The molecule has 0 aromatic heterocycles. The van der Waals surface area contributed by atoms with E-state index in [9.17, 15) is 19.2 Å². The van der Waals surface area contributed by atoms with Crippen LogP contribution in [0.2, 0.25) is 0 Å². The second-order valence-corrected chi connectivity index (χ2v) is 5.87. The molecule has 0 bridgehead atoms. The predicted molar refractivity (Wildman–Crippen MR) is 83.0 cm³/mol. The number of carboxylic acids is 1. The molecule has 9 heteroatoms. The van der Waals surface area contributed by atoms with Crippen molar-refractivity contribution in [3.63, 3.8) is 0 Å². The van der Waals surface area contributed by atoms with Crippen molar-refractivity contribution < 1.29 is 24.3 Å². The molecular formula is C14H26N4O5. The largest absolute Gasteiger partial charge is 0.480 e. The normalized spacial score (nSPS) is 14.7. The number of nitrogens with two attached hydrogens (primary N) is 2. The Hall–Kier alpha value is -2.16. The van der Waals surface area contributed by atoms with Crippen LogP contribution in [-0.4, -0.2) is 46.9 Å². The van der Waals surface area contributed by atoms with Gasteiger partial charge in [0.1, 0.15) is 12.1 Å². The quantitative estimate of drug-likeness (QED) is 0.334. The molecule has 0 radical (unpaired) electrons. The van der Waals surface area contributed by atoms with Gasteiger partial charge in [0.15, 0.2) is 0 Å². The number of carbonyl (C=O) groups is 4. The fourth-order valence-electron chi connectivity index (χ4n) is 1.79. The molecule has 3 amide bonds. The highest BCUT2D eigenvalue weighted by Gasteiger charge is 2.26. The zero-order valence-electron chi connectivity index (χ0n) is 13.7. The Bertz CT molecular complexity index is 452. The Morgan fingerprint density at radius 2 is 1.61 bits per heavy atom. The van der Waals surface area contributed by atoms with Gasteiger partial charge in [-0.15, -0.1) is 0 Å². The summed E-state index contributed by atoms with van der Waals surface area (Å²) in [6.45, 7) is 5.05. The minimum atomic E-state index is -1.17. The molecule has 3 atom stereocenters. The zero-order valence-corrected chi connectivity index (χ0v) is 13.7. The van der Waals surface area contributed by atoms with Crippen molar-refractivity contribution in [2.45, 2.75) is 58.2 Å². The Balaban J connectivity index is 4.77. The summed E-state index contributed by atoms with van der Waals surface area (Å²) < 4.78 is 0. The first-order chi connectivity index (χ1) is 10.5. The van der Waals surface area contributed by atoms with Crippen LogP contribution in [0.25, 0.3) is 0 Å². The van der Waals surface area contributed by atoms with Crippen LogP contribution in [0.1, 0.15) is 40.0 Å². The average Bonchev–Trinajstić information content (AvgIpc) is 2.42. The van der Waals surface area contributed by atoms with Gasteiger partial charge in [0.25, 0.3) is 0 Å². The lowest BCUT2D eigenvalue weighted by molar-refractivity contribution is -0.141. The summed E-state index contributed by atoms with van der Waals surface area (Å²) in [5.41, 5.74) is 10.6. The molecule has 0 aromatic rings. The van der Waals surface area contributed by atoms with Crippen molar-refractivity contribution in [3.05, 3.63) is 0 Å². The third-order valence-corrected chi connectivity index (χ3v) is 3.11. The molecule has 0 saturated carbocycles. The third kappa shape index (κ3) is 8.77. The van der Waals surface area contributed by atoms with E-state index in [1.165, 1.54) is 6.92 Å². The van der Waals surface area contributed by atoms with Crippen molar-refractivity contribution in [1.82, 2.24) is 10.6 Å². The van der Waals surface area contributed by atoms with Gasteiger partial charge in [-0.2, -0.15) is 0 Å². The van der Waals surface area contributed by atoms with Crippen LogP contribution in [0.3, 0.4) is 0 Å². The van der Waals surface area contributed by atoms with E-state index < -0.39 is 41.8 Å². The molecule has 3 unspecified atom stereocenters. The molecule has 7 N–H and O–H groups in total. The van der Waals surface area contributed by atoms with Crippen molar-refractivity contribution in [2.75, 3.05) is 0 Å². The van der Waals surface area contributed by atoms with Crippen molar-refractivity contribution >= 4 is 23.7 Å². The van der Waals surface area contributed by atoms with E-state index >= 15 is 0 Å².